The third-order valence-corrected chi connectivity index (χ3v) is 9.97. The third kappa shape index (κ3) is 6.22. The van der Waals surface area contributed by atoms with E-state index < -0.39 is 0 Å². The van der Waals surface area contributed by atoms with E-state index in [9.17, 15) is 9.59 Å². The third-order valence-electron chi connectivity index (χ3n) is 8.41. The predicted octanol–water partition coefficient (Wildman–Crippen LogP) is 4.39. The second-order valence-corrected chi connectivity index (χ2v) is 13.4. The summed E-state index contributed by atoms with van der Waals surface area (Å²) in [7, 11) is 3.84. The zero-order valence-corrected chi connectivity index (χ0v) is 27.1. The van der Waals surface area contributed by atoms with Gasteiger partial charge in [0.2, 0.25) is 17.7 Å². The van der Waals surface area contributed by atoms with Gasteiger partial charge in [-0.3, -0.25) is 14.2 Å². The van der Waals surface area contributed by atoms with Gasteiger partial charge >= 0.3 is 0 Å². The number of likely N-dealkylation sites (N-methyl/N-ethyl adjacent to an activating group) is 1. The van der Waals surface area contributed by atoms with Crippen LogP contribution in [0.4, 0.5) is 11.6 Å². The molecule has 2 saturated heterocycles. The molecule has 46 heavy (non-hydrogen) atoms. The van der Waals surface area contributed by atoms with Crippen LogP contribution in [0.15, 0.2) is 59.5 Å². The Balaban J connectivity index is 1.23. The van der Waals surface area contributed by atoms with E-state index in [1.54, 1.807) is 42.4 Å². The SMILES string of the molecule is CN1CCSC(c2ccc(Nc3ncc4cc(-c5ccc(-c6nnn(C)n6)cc5Cl)c(=O)n(CC(=O)N5CCCC5)c4n3)cc2)C1. The number of thioether (sulfide) groups is 1. The summed E-state index contributed by atoms with van der Waals surface area (Å²) in [6, 6.07) is 15.3. The van der Waals surface area contributed by atoms with Gasteiger partial charge in [-0.25, -0.2) is 4.98 Å². The van der Waals surface area contributed by atoms with Gasteiger partial charge in [0.05, 0.1) is 7.05 Å². The first-order valence-electron chi connectivity index (χ1n) is 15.2. The van der Waals surface area contributed by atoms with Crippen LogP contribution in [0.5, 0.6) is 0 Å². The first-order valence-corrected chi connectivity index (χ1v) is 16.6. The molecule has 2 aromatic carbocycles. The van der Waals surface area contributed by atoms with Gasteiger partial charge in [0.1, 0.15) is 12.2 Å². The number of nitrogens with one attached hydrogen (secondary N) is 1. The van der Waals surface area contributed by atoms with Crippen LogP contribution in [-0.4, -0.2) is 89.4 Å². The number of anilines is 2. The molecule has 0 bridgehead atoms. The van der Waals surface area contributed by atoms with Crippen molar-refractivity contribution in [2.75, 3.05) is 44.3 Å². The average molecular weight is 657 g/mol. The van der Waals surface area contributed by atoms with Crippen molar-refractivity contribution in [2.45, 2.75) is 24.6 Å². The topological polar surface area (TPSA) is 127 Å². The second kappa shape index (κ2) is 12.8. The van der Waals surface area contributed by atoms with Crippen molar-refractivity contribution >= 4 is 51.9 Å². The normalized spacial score (nSPS) is 17.1. The highest BCUT2D eigenvalue weighted by atomic mass is 35.5. The molecule has 7 rings (SSSR count). The van der Waals surface area contributed by atoms with Gasteiger partial charge in [0.25, 0.3) is 5.56 Å². The summed E-state index contributed by atoms with van der Waals surface area (Å²) in [5.74, 6) is 1.75. The molecule has 1 unspecified atom stereocenters. The first-order chi connectivity index (χ1) is 22.3. The molecule has 0 saturated carbocycles. The summed E-state index contributed by atoms with van der Waals surface area (Å²) in [6.45, 7) is 3.36. The van der Waals surface area contributed by atoms with Crippen LogP contribution in [0, 0.1) is 0 Å². The molecule has 3 aromatic heterocycles. The maximum Gasteiger partial charge on any atom is 0.260 e. The van der Waals surface area contributed by atoms with Crippen LogP contribution in [0.1, 0.15) is 23.7 Å². The van der Waals surface area contributed by atoms with E-state index >= 15 is 0 Å². The molecular formula is C32H33ClN10O2S. The number of rotatable bonds is 7. The Kier molecular flexibility index (Phi) is 8.45. The smallest absolute Gasteiger partial charge is 0.260 e. The minimum Gasteiger partial charge on any atom is -0.341 e. The first kappa shape index (κ1) is 30.3. The average Bonchev–Trinajstić information content (AvgIpc) is 3.76. The number of hydrogen-bond acceptors (Lipinski definition) is 10. The number of amides is 1. The summed E-state index contributed by atoms with van der Waals surface area (Å²) in [4.78, 5) is 42.3. The number of pyridine rings is 1. The lowest BCUT2D eigenvalue weighted by Crippen LogP contribution is -2.35. The van der Waals surface area contributed by atoms with Gasteiger partial charge in [-0.05, 0) is 54.9 Å². The number of carbonyl (C=O) groups excluding carboxylic acids is 1. The van der Waals surface area contributed by atoms with Crippen LogP contribution in [-0.2, 0) is 18.4 Å². The minimum absolute atomic E-state index is 0.122. The molecule has 2 aliphatic heterocycles. The molecule has 14 heteroatoms. The molecule has 0 aliphatic carbocycles. The van der Waals surface area contributed by atoms with E-state index in [1.807, 2.05) is 23.9 Å². The molecule has 1 N–H and O–H groups in total. The van der Waals surface area contributed by atoms with Gasteiger partial charge in [0, 0.05) is 76.2 Å². The van der Waals surface area contributed by atoms with Crippen LogP contribution in [0.25, 0.3) is 33.5 Å². The monoisotopic (exact) mass is 656 g/mol. The van der Waals surface area contributed by atoms with Crippen molar-refractivity contribution < 1.29 is 4.79 Å². The van der Waals surface area contributed by atoms with E-state index in [4.69, 9.17) is 16.6 Å². The van der Waals surface area contributed by atoms with Crippen LogP contribution in [0.3, 0.4) is 0 Å². The number of halogens is 1. The van der Waals surface area contributed by atoms with Gasteiger partial charge in [0.15, 0.2) is 0 Å². The fraction of sp³-hybridized carbons (Fsp3) is 0.344. The van der Waals surface area contributed by atoms with Crippen molar-refractivity contribution in [1.29, 1.82) is 0 Å². The lowest BCUT2D eigenvalue weighted by atomic mass is 10.0. The Morgan fingerprint density at radius 3 is 2.57 bits per heavy atom. The van der Waals surface area contributed by atoms with Crippen molar-refractivity contribution in [3.8, 4) is 22.5 Å². The highest BCUT2D eigenvalue weighted by molar-refractivity contribution is 7.99. The molecule has 0 radical (unpaired) electrons. The molecule has 12 nitrogen and oxygen atoms in total. The Morgan fingerprint density at radius 1 is 1.04 bits per heavy atom. The van der Waals surface area contributed by atoms with Gasteiger partial charge in [-0.2, -0.15) is 21.5 Å². The van der Waals surface area contributed by atoms with Gasteiger partial charge in [-0.1, -0.05) is 35.9 Å². The second-order valence-electron chi connectivity index (χ2n) is 11.7. The number of hydrogen-bond donors (Lipinski definition) is 1. The molecule has 0 spiro atoms. The minimum atomic E-state index is -0.365. The highest BCUT2D eigenvalue weighted by Gasteiger charge is 2.23. The number of aromatic nitrogens is 7. The van der Waals surface area contributed by atoms with Gasteiger partial charge < -0.3 is 15.1 Å². The van der Waals surface area contributed by atoms with Crippen molar-refractivity contribution in [2.24, 2.45) is 7.05 Å². The largest absolute Gasteiger partial charge is 0.341 e. The Bertz CT molecular complexity index is 1970. The van der Waals surface area contributed by atoms with E-state index in [1.165, 1.54) is 14.9 Å². The maximum atomic E-state index is 14.1. The van der Waals surface area contributed by atoms with Crippen LogP contribution in [0.2, 0.25) is 5.02 Å². The Labute approximate surface area is 274 Å². The van der Waals surface area contributed by atoms with Crippen LogP contribution >= 0.6 is 23.4 Å². The maximum absolute atomic E-state index is 14.1. The molecule has 236 valence electrons. The van der Waals surface area contributed by atoms with E-state index in [-0.39, 0.29) is 18.0 Å². The molecule has 2 fully saturated rings. The van der Waals surface area contributed by atoms with E-state index in [2.05, 4.69) is 49.8 Å². The molecule has 2 aliphatic rings. The zero-order valence-electron chi connectivity index (χ0n) is 25.6. The summed E-state index contributed by atoms with van der Waals surface area (Å²) >= 11 is 8.72. The Morgan fingerprint density at radius 2 is 1.85 bits per heavy atom. The fourth-order valence-electron chi connectivity index (χ4n) is 5.92. The molecule has 1 amide bonds. The standard InChI is InChI=1S/C32H33ClN10O2S/c1-40-13-14-46-27(18-40)20-5-8-23(9-6-20)35-32-34-17-22-15-25(24-10-7-21(16-26(24)33)29-37-39-41(2)38-29)31(45)43(30(22)36-32)19-28(44)42-11-3-4-12-42/h5-10,15-17,27H,3-4,11-14,18-19H2,1-2H3,(H,34,35,36). The lowest BCUT2D eigenvalue weighted by Gasteiger charge is -2.29. The van der Waals surface area contributed by atoms with E-state index in [0.29, 0.717) is 62.9 Å². The number of carbonyl (C=O) groups is 1. The lowest BCUT2D eigenvalue weighted by molar-refractivity contribution is -0.130. The fourth-order valence-corrected chi connectivity index (χ4v) is 7.62. The van der Waals surface area contributed by atoms with Gasteiger partial charge in [-0.15, -0.1) is 10.2 Å². The van der Waals surface area contributed by atoms with Crippen molar-refractivity contribution in [3.63, 3.8) is 0 Å². The number of aryl methyl sites for hydroxylation is 1. The molecular weight excluding hydrogens is 624 g/mol. The van der Waals surface area contributed by atoms with Crippen molar-refractivity contribution in [3.05, 3.63) is 75.7 Å². The summed E-state index contributed by atoms with van der Waals surface area (Å²) in [5, 5.41) is 16.8. The highest BCUT2D eigenvalue weighted by Crippen LogP contribution is 2.34. The number of nitrogens with zero attached hydrogens (tertiary/aromatic N) is 9. The molecule has 5 aromatic rings. The summed E-state index contributed by atoms with van der Waals surface area (Å²) < 4.78 is 1.44. The Hall–Kier alpha value is -4.33. The molecule has 1 atom stereocenters. The summed E-state index contributed by atoms with van der Waals surface area (Å²) in [5.41, 5.74) is 3.65. The zero-order chi connectivity index (χ0) is 31.8. The number of benzene rings is 2. The quantitative estimate of drug-likeness (QED) is 0.270. The van der Waals surface area contributed by atoms with Crippen LogP contribution < -0.4 is 10.9 Å². The molecule has 5 heterocycles. The number of tetrazole rings is 1. The van der Waals surface area contributed by atoms with E-state index in [0.717, 1.165) is 37.4 Å². The predicted molar refractivity (Wildman–Crippen MR) is 180 cm³/mol. The van der Waals surface area contributed by atoms with Crippen molar-refractivity contribution in [1.82, 2.24) is 44.5 Å². The summed E-state index contributed by atoms with van der Waals surface area (Å²) in [6.07, 6.45) is 3.57. The number of fused-ring (bicyclic) bond motifs is 1. The number of likely N-dealkylation sites (tertiary alicyclic amines) is 1.